The maximum atomic E-state index is 13.3. The van der Waals surface area contributed by atoms with Crippen LogP contribution in [0.25, 0.3) is 0 Å². The third-order valence-corrected chi connectivity index (χ3v) is 3.35. The van der Waals surface area contributed by atoms with Gasteiger partial charge in [0.2, 0.25) is 0 Å². The second kappa shape index (κ2) is 4.96. The molecule has 1 unspecified atom stereocenters. The molecule has 102 valence electrons. The van der Waals surface area contributed by atoms with Gasteiger partial charge in [-0.2, -0.15) is 0 Å². The van der Waals surface area contributed by atoms with Crippen molar-refractivity contribution in [2.24, 2.45) is 0 Å². The van der Waals surface area contributed by atoms with Gasteiger partial charge in [0.25, 0.3) is 0 Å². The van der Waals surface area contributed by atoms with E-state index in [0.717, 1.165) is 0 Å². The highest BCUT2D eigenvalue weighted by Crippen LogP contribution is 2.36. The molecule has 0 bridgehead atoms. The Hall–Kier alpha value is -2.36. The van der Waals surface area contributed by atoms with Gasteiger partial charge in [-0.3, -0.25) is 4.79 Å². The lowest BCUT2D eigenvalue weighted by molar-refractivity contribution is 0.0849. The summed E-state index contributed by atoms with van der Waals surface area (Å²) in [6.07, 6.45) is -0.247. The number of halogens is 1. The monoisotopic (exact) mass is 272 g/mol. The van der Waals surface area contributed by atoms with E-state index >= 15 is 0 Å². The molecule has 1 heterocycles. The van der Waals surface area contributed by atoms with E-state index in [1.807, 2.05) is 0 Å². The summed E-state index contributed by atoms with van der Waals surface area (Å²) in [5.41, 5.74) is 1.18. The second-order valence-electron chi connectivity index (χ2n) is 4.65. The number of fused-ring (bicyclic) bond motifs is 1. The molecule has 2 aromatic carbocycles. The van der Waals surface area contributed by atoms with Gasteiger partial charge in [-0.25, -0.2) is 4.39 Å². The molecule has 2 aromatic rings. The topological polar surface area (TPSA) is 35.5 Å². The Labute approximate surface area is 115 Å². The first kappa shape index (κ1) is 12.7. The largest absolute Gasteiger partial charge is 0.497 e. The summed E-state index contributed by atoms with van der Waals surface area (Å²) >= 11 is 0. The average Bonchev–Trinajstić information content (AvgIpc) is 2.47. The van der Waals surface area contributed by atoms with Crippen molar-refractivity contribution in [2.75, 3.05) is 7.11 Å². The van der Waals surface area contributed by atoms with Crippen molar-refractivity contribution in [1.82, 2.24) is 0 Å². The van der Waals surface area contributed by atoms with Crippen LogP contribution in [0.5, 0.6) is 11.5 Å². The summed E-state index contributed by atoms with van der Waals surface area (Å²) in [5, 5.41) is 0. The quantitative estimate of drug-likeness (QED) is 0.838. The predicted octanol–water partition coefficient (Wildman–Crippen LogP) is 3.54. The average molecular weight is 272 g/mol. The fourth-order valence-electron chi connectivity index (χ4n) is 2.32. The molecule has 1 aliphatic rings. The van der Waals surface area contributed by atoms with E-state index in [1.54, 1.807) is 37.4 Å². The lowest BCUT2D eigenvalue weighted by atomic mass is 9.96. The van der Waals surface area contributed by atoms with Gasteiger partial charge in [0.05, 0.1) is 19.1 Å². The van der Waals surface area contributed by atoms with Crippen molar-refractivity contribution < 1.29 is 18.7 Å². The summed E-state index contributed by atoms with van der Waals surface area (Å²) in [7, 11) is 1.55. The first-order chi connectivity index (χ1) is 9.67. The molecule has 3 rings (SSSR count). The summed E-state index contributed by atoms with van der Waals surface area (Å²) in [4.78, 5) is 12.2. The molecule has 0 saturated carbocycles. The van der Waals surface area contributed by atoms with Crippen molar-refractivity contribution >= 4 is 5.78 Å². The van der Waals surface area contributed by atoms with E-state index in [1.165, 1.54) is 12.1 Å². The Morgan fingerprint density at radius 3 is 2.85 bits per heavy atom. The van der Waals surface area contributed by atoms with Crippen LogP contribution < -0.4 is 9.47 Å². The number of carbonyl (C=O) groups is 1. The standard InChI is InChI=1S/C16H13FO3/c1-19-12-5-6-15-13(8-12)14(18)9-16(20-15)10-3-2-4-11(17)7-10/h2-8,16H,9H2,1H3. The molecule has 0 saturated heterocycles. The molecule has 1 aliphatic heterocycles. The van der Waals surface area contributed by atoms with E-state index in [4.69, 9.17) is 9.47 Å². The van der Waals surface area contributed by atoms with Crippen LogP contribution in [0.2, 0.25) is 0 Å². The Morgan fingerprint density at radius 2 is 2.10 bits per heavy atom. The van der Waals surface area contributed by atoms with Gasteiger partial charge in [0.1, 0.15) is 23.4 Å². The third kappa shape index (κ3) is 2.25. The minimum absolute atomic E-state index is 0.0283. The molecular formula is C16H13FO3. The lowest BCUT2D eigenvalue weighted by Crippen LogP contribution is -2.20. The van der Waals surface area contributed by atoms with Gasteiger partial charge in [0, 0.05) is 0 Å². The van der Waals surface area contributed by atoms with Crippen LogP contribution in [0, 0.1) is 5.82 Å². The van der Waals surface area contributed by atoms with Gasteiger partial charge < -0.3 is 9.47 Å². The van der Waals surface area contributed by atoms with Crippen molar-refractivity contribution in [1.29, 1.82) is 0 Å². The second-order valence-corrected chi connectivity index (χ2v) is 4.65. The highest BCUT2D eigenvalue weighted by molar-refractivity contribution is 6.00. The summed E-state index contributed by atoms with van der Waals surface area (Å²) in [6, 6.07) is 11.2. The Balaban J connectivity index is 1.95. The van der Waals surface area contributed by atoms with Gasteiger partial charge >= 0.3 is 0 Å². The van der Waals surface area contributed by atoms with Crippen LogP contribution in [-0.4, -0.2) is 12.9 Å². The zero-order chi connectivity index (χ0) is 14.1. The highest BCUT2D eigenvalue weighted by atomic mass is 19.1. The van der Waals surface area contributed by atoms with Crippen LogP contribution in [0.4, 0.5) is 4.39 Å². The maximum Gasteiger partial charge on any atom is 0.170 e. The summed E-state index contributed by atoms with van der Waals surface area (Å²) < 4.78 is 24.2. The zero-order valence-corrected chi connectivity index (χ0v) is 10.9. The van der Waals surface area contributed by atoms with Crippen LogP contribution in [-0.2, 0) is 0 Å². The molecule has 0 spiro atoms. The van der Waals surface area contributed by atoms with Gasteiger partial charge in [-0.1, -0.05) is 12.1 Å². The lowest BCUT2D eigenvalue weighted by Gasteiger charge is -2.25. The molecule has 0 amide bonds. The number of methoxy groups -OCH3 is 1. The molecule has 0 fully saturated rings. The molecule has 1 atom stereocenters. The molecule has 0 radical (unpaired) electrons. The van der Waals surface area contributed by atoms with Crippen molar-refractivity contribution in [3.8, 4) is 11.5 Å². The first-order valence-corrected chi connectivity index (χ1v) is 6.31. The molecule has 4 heteroatoms. The van der Waals surface area contributed by atoms with E-state index in [0.29, 0.717) is 22.6 Å². The third-order valence-electron chi connectivity index (χ3n) is 3.35. The Bertz CT molecular complexity index is 667. The molecular weight excluding hydrogens is 259 g/mol. The minimum Gasteiger partial charge on any atom is -0.497 e. The van der Waals surface area contributed by atoms with Crippen molar-refractivity contribution in [3.05, 3.63) is 59.4 Å². The number of ether oxygens (including phenoxy) is 2. The number of rotatable bonds is 2. The van der Waals surface area contributed by atoms with E-state index < -0.39 is 6.10 Å². The molecule has 0 aliphatic carbocycles. The normalized spacial score (nSPS) is 17.3. The van der Waals surface area contributed by atoms with Crippen LogP contribution in [0.15, 0.2) is 42.5 Å². The van der Waals surface area contributed by atoms with Crippen molar-refractivity contribution in [2.45, 2.75) is 12.5 Å². The van der Waals surface area contributed by atoms with Crippen LogP contribution in [0.3, 0.4) is 0 Å². The Morgan fingerprint density at radius 1 is 1.25 bits per heavy atom. The molecule has 3 nitrogen and oxygen atoms in total. The number of hydrogen-bond donors (Lipinski definition) is 0. The Kier molecular flexibility index (Phi) is 3.14. The molecule has 0 aromatic heterocycles. The van der Waals surface area contributed by atoms with Crippen molar-refractivity contribution in [3.63, 3.8) is 0 Å². The van der Waals surface area contributed by atoms with E-state index in [2.05, 4.69) is 0 Å². The highest BCUT2D eigenvalue weighted by Gasteiger charge is 2.28. The number of Topliss-reactive ketones (excluding diaryl/α,β-unsaturated/α-hetero) is 1. The minimum atomic E-state index is -0.445. The van der Waals surface area contributed by atoms with Gasteiger partial charge in [-0.15, -0.1) is 0 Å². The van der Waals surface area contributed by atoms with Crippen LogP contribution in [0.1, 0.15) is 28.4 Å². The number of hydrogen-bond acceptors (Lipinski definition) is 3. The molecule has 20 heavy (non-hydrogen) atoms. The predicted molar refractivity (Wildman–Crippen MR) is 71.7 cm³/mol. The van der Waals surface area contributed by atoms with Crippen LogP contribution >= 0.6 is 0 Å². The van der Waals surface area contributed by atoms with Gasteiger partial charge in [0.15, 0.2) is 5.78 Å². The van der Waals surface area contributed by atoms with E-state index in [-0.39, 0.29) is 18.0 Å². The summed E-state index contributed by atoms with van der Waals surface area (Å²) in [6.45, 7) is 0. The smallest absolute Gasteiger partial charge is 0.170 e. The first-order valence-electron chi connectivity index (χ1n) is 6.31. The fourth-order valence-corrected chi connectivity index (χ4v) is 2.32. The number of benzene rings is 2. The summed E-state index contributed by atoms with van der Waals surface area (Å²) in [5.74, 6) is 0.764. The van der Waals surface area contributed by atoms with E-state index in [9.17, 15) is 9.18 Å². The number of carbonyl (C=O) groups excluding carboxylic acids is 1. The fraction of sp³-hybridized carbons (Fsp3) is 0.188. The number of ketones is 1. The SMILES string of the molecule is COc1ccc2c(c1)C(=O)CC(c1cccc(F)c1)O2. The van der Waals surface area contributed by atoms with Gasteiger partial charge in [-0.05, 0) is 35.9 Å². The maximum absolute atomic E-state index is 13.3. The molecule has 0 N–H and O–H groups in total. The zero-order valence-electron chi connectivity index (χ0n) is 10.9.